The van der Waals surface area contributed by atoms with E-state index in [1.807, 2.05) is 0 Å². The second-order valence-electron chi connectivity index (χ2n) is 4.03. The topological polar surface area (TPSA) is 63.9 Å². The number of aliphatic hydroxyl groups is 3. The summed E-state index contributed by atoms with van der Waals surface area (Å²) in [6, 6.07) is 0. The SMILES string of the molecule is C[C@@H](O)CN1CCC(O)(CO)CC1. The Labute approximate surface area is 78.8 Å². The molecule has 1 heterocycles. The van der Waals surface area contributed by atoms with Crippen LogP contribution in [0.25, 0.3) is 0 Å². The summed E-state index contributed by atoms with van der Waals surface area (Å²) in [5.41, 5.74) is -0.880. The first kappa shape index (κ1) is 10.9. The monoisotopic (exact) mass is 189 g/mol. The van der Waals surface area contributed by atoms with Crippen LogP contribution in [0.1, 0.15) is 19.8 Å². The highest BCUT2D eigenvalue weighted by Gasteiger charge is 2.31. The first-order valence-corrected chi connectivity index (χ1v) is 4.79. The number of hydrogen-bond acceptors (Lipinski definition) is 4. The number of piperidine rings is 1. The molecule has 0 spiro atoms. The summed E-state index contributed by atoms with van der Waals surface area (Å²) in [4.78, 5) is 2.11. The van der Waals surface area contributed by atoms with Crippen molar-refractivity contribution in [2.24, 2.45) is 0 Å². The standard InChI is InChI=1S/C9H19NO3/c1-8(12)6-10-4-2-9(13,7-11)3-5-10/h8,11-13H,2-7H2,1H3/t8-/m1/s1. The quantitative estimate of drug-likeness (QED) is 0.543. The third kappa shape index (κ3) is 3.23. The summed E-state index contributed by atoms with van der Waals surface area (Å²) in [7, 11) is 0. The zero-order chi connectivity index (χ0) is 9.90. The van der Waals surface area contributed by atoms with Gasteiger partial charge in [-0.1, -0.05) is 0 Å². The molecule has 13 heavy (non-hydrogen) atoms. The van der Waals surface area contributed by atoms with Crippen molar-refractivity contribution >= 4 is 0 Å². The molecular weight excluding hydrogens is 170 g/mol. The minimum absolute atomic E-state index is 0.157. The molecule has 1 fully saturated rings. The minimum Gasteiger partial charge on any atom is -0.393 e. The van der Waals surface area contributed by atoms with Gasteiger partial charge in [-0.25, -0.2) is 0 Å². The largest absolute Gasteiger partial charge is 0.393 e. The lowest BCUT2D eigenvalue weighted by molar-refractivity contribution is -0.0635. The van der Waals surface area contributed by atoms with Gasteiger partial charge in [-0.05, 0) is 19.8 Å². The van der Waals surface area contributed by atoms with Crippen LogP contribution in [0.2, 0.25) is 0 Å². The zero-order valence-corrected chi connectivity index (χ0v) is 8.11. The molecule has 1 saturated heterocycles. The Bertz CT molecular complexity index is 153. The van der Waals surface area contributed by atoms with Crippen molar-refractivity contribution in [2.75, 3.05) is 26.2 Å². The molecule has 78 valence electrons. The Morgan fingerprint density at radius 1 is 1.38 bits per heavy atom. The maximum atomic E-state index is 9.69. The fourth-order valence-corrected chi connectivity index (χ4v) is 1.68. The highest BCUT2D eigenvalue weighted by Crippen LogP contribution is 2.21. The minimum atomic E-state index is -0.880. The summed E-state index contributed by atoms with van der Waals surface area (Å²) in [5, 5.41) is 27.7. The van der Waals surface area contributed by atoms with Crippen molar-refractivity contribution < 1.29 is 15.3 Å². The molecule has 1 aliphatic heterocycles. The summed E-state index contributed by atoms with van der Waals surface area (Å²) < 4.78 is 0. The predicted molar refractivity (Wildman–Crippen MR) is 49.4 cm³/mol. The number of β-amino-alcohol motifs (C(OH)–C–C–N with tert-alkyl or cyclic N) is 1. The number of aliphatic hydroxyl groups excluding tert-OH is 2. The van der Waals surface area contributed by atoms with E-state index in [1.54, 1.807) is 6.92 Å². The van der Waals surface area contributed by atoms with Crippen LogP contribution in [0.15, 0.2) is 0 Å². The zero-order valence-electron chi connectivity index (χ0n) is 8.11. The van der Waals surface area contributed by atoms with E-state index in [2.05, 4.69) is 4.90 Å². The van der Waals surface area contributed by atoms with Crippen LogP contribution in [-0.4, -0.2) is 58.2 Å². The Morgan fingerprint density at radius 3 is 2.31 bits per heavy atom. The molecule has 1 aliphatic rings. The maximum Gasteiger partial charge on any atom is 0.0901 e. The van der Waals surface area contributed by atoms with Crippen LogP contribution in [0.5, 0.6) is 0 Å². The molecule has 0 radical (unpaired) electrons. The molecule has 1 rings (SSSR count). The molecule has 0 aliphatic carbocycles. The molecule has 0 aromatic carbocycles. The average molecular weight is 189 g/mol. The van der Waals surface area contributed by atoms with Gasteiger partial charge in [0.15, 0.2) is 0 Å². The molecule has 0 aromatic rings. The Morgan fingerprint density at radius 2 is 1.92 bits per heavy atom. The van der Waals surface area contributed by atoms with E-state index < -0.39 is 5.60 Å². The Hall–Kier alpha value is -0.160. The van der Waals surface area contributed by atoms with E-state index in [-0.39, 0.29) is 12.7 Å². The molecule has 0 amide bonds. The van der Waals surface area contributed by atoms with Gasteiger partial charge in [0.1, 0.15) is 0 Å². The van der Waals surface area contributed by atoms with E-state index in [9.17, 15) is 5.11 Å². The highest BCUT2D eigenvalue weighted by atomic mass is 16.3. The van der Waals surface area contributed by atoms with Gasteiger partial charge in [-0.15, -0.1) is 0 Å². The molecule has 0 bridgehead atoms. The maximum absolute atomic E-state index is 9.69. The van der Waals surface area contributed by atoms with Gasteiger partial charge in [0.2, 0.25) is 0 Å². The van der Waals surface area contributed by atoms with Crippen LogP contribution >= 0.6 is 0 Å². The van der Waals surface area contributed by atoms with E-state index in [0.29, 0.717) is 19.4 Å². The van der Waals surface area contributed by atoms with Crippen molar-refractivity contribution in [1.29, 1.82) is 0 Å². The lowest BCUT2D eigenvalue weighted by atomic mass is 9.92. The molecule has 0 unspecified atom stereocenters. The summed E-state index contributed by atoms with van der Waals surface area (Å²) in [6.07, 6.45) is 0.868. The molecule has 0 aromatic heterocycles. The van der Waals surface area contributed by atoms with Crippen molar-refractivity contribution in [2.45, 2.75) is 31.5 Å². The van der Waals surface area contributed by atoms with E-state index in [1.165, 1.54) is 0 Å². The summed E-state index contributed by atoms with van der Waals surface area (Å²) in [6.45, 7) is 3.76. The van der Waals surface area contributed by atoms with Crippen molar-refractivity contribution in [1.82, 2.24) is 4.90 Å². The second-order valence-corrected chi connectivity index (χ2v) is 4.03. The van der Waals surface area contributed by atoms with Crippen LogP contribution < -0.4 is 0 Å². The van der Waals surface area contributed by atoms with Crippen molar-refractivity contribution in [3.8, 4) is 0 Å². The smallest absolute Gasteiger partial charge is 0.0901 e. The highest BCUT2D eigenvalue weighted by molar-refractivity contribution is 4.85. The fourth-order valence-electron chi connectivity index (χ4n) is 1.68. The van der Waals surface area contributed by atoms with Crippen LogP contribution in [0.3, 0.4) is 0 Å². The molecule has 4 heteroatoms. The Kier molecular flexibility index (Phi) is 3.67. The lowest BCUT2D eigenvalue weighted by Gasteiger charge is -2.37. The van der Waals surface area contributed by atoms with Crippen LogP contribution in [0.4, 0.5) is 0 Å². The van der Waals surface area contributed by atoms with Gasteiger partial charge in [0.25, 0.3) is 0 Å². The van der Waals surface area contributed by atoms with Crippen LogP contribution in [0, 0.1) is 0 Å². The van der Waals surface area contributed by atoms with Gasteiger partial charge < -0.3 is 20.2 Å². The first-order chi connectivity index (χ1) is 6.06. The summed E-state index contributed by atoms with van der Waals surface area (Å²) >= 11 is 0. The summed E-state index contributed by atoms with van der Waals surface area (Å²) in [5.74, 6) is 0. The van der Waals surface area contributed by atoms with Crippen molar-refractivity contribution in [3.63, 3.8) is 0 Å². The predicted octanol–water partition coefficient (Wildman–Crippen LogP) is -0.814. The second kappa shape index (κ2) is 4.37. The number of nitrogens with zero attached hydrogens (tertiary/aromatic N) is 1. The normalized spacial score (nSPS) is 25.8. The number of hydrogen-bond donors (Lipinski definition) is 3. The van der Waals surface area contributed by atoms with Gasteiger partial charge in [-0.2, -0.15) is 0 Å². The van der Waals surface area contributed by atoms with E-state index in [4.69, 9.17) is 10.2 Å². The fraction of sp³-hybridized carbons (Fsp3) is 1.00. The lowest BCUT2D eigenvalue weighted by Crippen LogP contribution is -2.48. The first-order valence-electron chi connectivity index (χ1n) is 4.79. The number of likely N-dealkylation sites (tertiary alicyclic amines) is 1. The van der Waals surface area contributed by atoms with Gasteiger partial charge in [-0.3, -0.25) is 0 Å². The van der Waals surface area contributed by atoms with Crippen LogP contribution in [-0.2, 0) is 0 Å². The molecule has 3 N–H and O–H groups in total. The third-order valence-corrected chi connectivity index (χ3v) is 2.60. The van der Waals surface area contributed by atoms with Crippen molar-refractivity contribution in [3.05, 3.63) is 0 Å². The Balaban J connectivity index is 2.30. The molecule has 4 nitrogen and oxygen atoms in total. The molecule has 1 atom stereocenters. The van der Waals surface area contributed by atoms with Gasteiger partial charge >= 0.3 is 0 Å². The van der Waals surface area contributed by atoms with Gasteiger partial charge in [0, 0.05) is 19.6 Å². The number of rotatable bonds is 3. The molecular formula is C9H19NO3. The third-order valence-electron chi connectivity index (χ3n) is 2.60. The van der Waals surface area contributed by atoms with E-state index >= 15 is 0 Å². The molecule has 0 saturated carbocycles. The van der Waals surface area contributed by atoms with E-state index in [0.717, 1.165) is 13.1 Å². The average Bonchev–Trinajstić information content (AvgIpc) is 2.09. The van der Waals surface area contributed by atoms with Gasteiger partial charge in [0.05, 0.1) is 18.3 Å².